The molecule has 1 aromatic carbocycles. The molecule has 3 N–H and O–H groups in total. The van der Waals surface area contributed by atoms with Gasteiger partial charge >= 0.3 is 0 Å². The largest absolute Gasteiger partial charge is 0.493 e. The van der Waals surface area contributed by atoms with Gasteiger partial charge in [-0.2, -0.15) is 5.10 Å². The Morgan fingerprint density at radius 3 is 2.67 bits per heavy atom. The van der Waals surface area contributed by atoms with Gasteiger partial charge in [0, 0.05) is 13.2 Å². The number of carbonyl (C=O) groups excluding carboxylic acids is 1. The highest BCUT2D eigenvalue weighted by Gasteiger charge is 2.36. The Morgan fingerprint density at radius 1 is 1.33 bits per heavy atom. The Balaban J connectivity index is 0.00000101. The third-order valence-corrected chi connectivity index (χ3v) is 4.37. The monoisotopic (exact) mass is 422 g/mol. The van der Waals surface area contributed by atoms with Crippen LogP contribution in [0.5, 0.6) is 11.5 Å². The highest BCUT2D eigenvalue weighted by molar-refractivity contribution is 5.78. The number of benzene rings is 1. The summed E-state index contributed by atoms with van der Waals surface area (Å²) in [6, 6.07) is 5.00. The molecule has 0 aliphatic carbocycles. The van der Waals surface area contributed by atoms with Crippen molar-refractivity contribution in [2.45, 2.75) is 32.0 Å². The molecule has 2 heterocycles. The maximum atomic E-state index is 12.0. The Labute approximate surface area is 173 Å². The topological polar surface area (TPSA) is 145 Å². The van der Waals surface area contributed by atoms with E-state index in [2.05, 4.69) is 15.4 Å². The van der Waals surface area contributed by atoms with Crippen LogP contribution < -0.4 is 14.8 Å². The van der Waals surface area contributed by atoms with E-state index < -0.39 is 12.1 Å². The molecule has 1 amide bonds. The number of morpholine rings is 1. The minimum absolute atomic E-state index is 0.0552. The summed E-state index contributed by atoms with van der Waals surface area (Å²) in [5.41, 5.74) is 0.806. The van der Waals surface area contributed by atoms with Crippen LogP contribution >= 0.6 is 0 Å². The van der Waals surface area contributed by atoms with Crippen molar-refractivity contribution in [2.24, 2.45) is 0 Å². The molecule has 3 rings (SSSR count). The van der Waals surface area contributed by atoms with Gasteiger partial charge in [0.15, 0.2) is 17.3 Å². The molecule has 11 nitrogen and oxygen atoms in total. The number of aliphatic hydroxyl groups excluding tert-OH is 1. The van der Waals surface area contributed by atoms with Gasteiger partial charge in [0.05, 0.1) is 20.3 Å². The predicted molar refractivity (Wildman–Crippen MR) is 104 cm³/mol. The van der Waals surface area contributed by atoms with E-state index in [0.717, 1.165) is 5.56 Å². The van der Waals surface area contributed by atoms with Crippen LogP contribution in [0, 0.1) is 6.92 Å². The van der Waals surface area contributed by atoms with Crippen LogP contribution in [0.1, 0.15) is 35.8 Å². The number of aromatic nitrogens is 3. The summed E-state index contributed by atoms with van der Waals surface area (Å²) in [5.74, 6) is 2.17. The number of nitrogens with one attached hydrogen (secondary N) is 1. The van der Waals surface area contributed by atoms with Crippen molar-refractivity contribution in [2.75, 3.05) is 27.4 Å². The average Bonchev–Trinajstić information content (AvgIpc) is 3.12. The molecule has 0 radical (unpaired) electrons. The number of aliphatic hydroxyl groups is 1. The lowest BCUT2D eigenvalue weighted by Gasteiger charge is -2.32. The minimum atomic E-state index is -0.513. The number of carboxylic acid groups (broad SMARTS) is 1. The Morgan fingerprint density at radius 2 is 2.03 bits per heavy atom. The lowest BCUT2D eigenvalue weighted by atomic mass is 9.98. The summed E-state index contributed by atoms with van der Waals surface area (Å²) in [6.07, 6.45) is 0.0382. The first-order valence-corrected chi connectivity index (χ1v) is 9.21. The molecule has 1 aromatic heterocycles. The summed E-state index contributed by atoms with van der Waals surface area (Å²) < 4.78 is 18.2. The Bertz CT molecular complexity index is 855. The molecule has 1 aliphatic rings. The van der Waals surface area contributed by atoms with Crippen molar-refractivity contribution >= 4 is 12.4 Å². The number of rotatable bonds is 7. The highest BCUT2D eigenvalue weighted by Crippen LogP contribution is 2.37. The van der Waals surface area contributed by atoms with Gasteiger partial charge in [0.25, 0.3) is 6.47 Å². The number of hydrogen-bond donors (Lipinski definition) is 3. The number of amides is 1. The van der Waals surface area contributed by atoms with Gasteiger partial charge in [-0.1, -0.05) is 6.07 Å². The Hall–Kier alpha value is -3.18. The van der Waals surface area contributed by atoms with Gasteiger partial charge in [-0.15, -0.1) is 0 Å². The van der Waals surface area contributed by atoms with Gasteiger partial charge in [-0.05, 0) is 31.0 Å². The van der Waals surface area contributed by atoms with Crippen LogP contribution in [0.15, 0.2) is 18.2 Å². The second-order valence-corrected chi connectivity index (χ2v) is 6.31. The van der Waals surface area contributed by atoms with E-state index in [1.807, 2.05) is 12.1 Å². The molecule has 1 aliphatic heterocycles. The van der Waals surface area contributed by atoms with Crippen LogP contribution in [0.3, 0.4) is 0 Å². The van der Waals surface area contributed by atoms with Crippen LogP contribution in [-0.2, 0) is 20.9 Å². The van der Waals surface area contributed by atoms with E-state index in [0.29, 0.717) is 36.1 Å². The van der Waals surface area contributed by atoms with Crippen molar-refractivity contribution in [3.63, 3.8) is 0 Å². The molecule has 1 fully saturated rings. The molecule has 11 heteroatoms. The van der Waals surface area contributed by atoms with Gasteiger partial charge in [0.1, 0.15) is 18.5 Å². The number of nitrogens with zero attached hydrogens (tertiary/aromatic N) is 3. The number of hydrogen-bond acceptors (Lipinski definition) is 8. The number of carbonyl (C=O) groups is 2. The van der Waals surface area contributed by atoms with Crippen molar-refractivity contribution in [1.29, 1.82) is 0 Å². The van der Waals surface area contributed by atoms with E-state index >= 15 is 0 Å². The molecule has 0 saturated carbocycles. The quantitative estimate of drug-likeness (QED) is 0.547. The zero-order valence-electron chi connectivity index (χ0n) is 17.1. The fourth-order valence-corrected chi connectivity index (χ4v) is 3.15. The molecule has 1 saturated heterocycles. The van der Waals surface area contributed by atoms with E-state index in [1.165, 1.54) is 0 Å². The van der Waals surface area contributed by atoms with E-state index in [1.54, 1.807) is 31.9 Å². The van der Waals surface area contributed by atoms with Crippen LogP contribution in [0.4, 0.5) is 0 Å². The predicted octanol–water partition coefficient (Wildman–Crippen LogP) is 0.616. The minimum Gasteiger partial charge on any atom is -0.493 e. The first-order valence-electron chi connectivity index (χ1n) is 9.21. The van der Waals surface area contributed by atoms with Crippen molar-refractivity contribution in [3.8, 4) is 11.5 Å². The van der Waals surface area contributed by atoms with Gasteiger partial charge in [0.2, 0.25) is 5.91 Å². The van der Waals surface area contributed by atoms with Crippen molar-refractivity contribution in [3.05, 3.63) is 35.4 Å². The highest BCUT2D eigenvalue weighted by atomic mass is 16.5. The summed E-state index contributed by atoms with van der Waals surface area (Å²) >= 11 is 0. The summed E-state index contributed by atoms with van der Waals surface area (Å²) in [6.45, 7) is 2.06. The van der Waals surface area contributed by atoms with Crippen LogP contribution in [-0.4, -0.2) is 64.8 Å². The lowest BCUT2D eigenvalue weighted by Crippen LogP contribution is -2.42. The smallest absolute Gasteiger partial charge is 0.290 e. The SMILES string of the molecule is COc1ccc([C@H]2NC(=O)CO[C@@H]2c2nc(C)nn2CCCO)cc1OC.O=CO. The van der Waals surface area contributed by atoms with Crippen molar-refractivity contribution < 1.29 is 34.0 Å². The third kappa shape index (κ3) is 5.45. The standard InChI is InChI=1S/C18H24N4O5.CH2O2/c1-11-19-18(22(21-11)7-4-8-23)17-16(20-15(24)10-27-17)12-5-6-13(25-2)14(9-12)26-3;2-1-3/h5-6,9,16-17,23H,4,7-8,10H2,1-3H3,(H,20,24);1H,(H,2,3)/t16-,17+;/m1./s1. The second kappa shape index (κ2) is 11.1. The summed E-state index contributed by atoms with van der Waals surface area (Å²) in [4.78, 5) is 24.9. The van der Waals surface area contributed by atoms with Crippen LogP contribution in [0.25, 0.3) is 0 Å². The molecule has 0 spiro atoms. The molecular weight excluding hydrogens is 396 g/mol. The molecular formula is C19H26N4O7. The van der Waals surface area contributed by atoms with Gasteiger partial charge in [-0.25, -0.2) is 9.67 Å². The maximum Gasteiger partial charge on any atom is 0.290 e. The molecule has 2 atom stereocenters. The first-order chi connectivity index (χ1) is 14.5. The third-order valence-electron chi connectivity index (χ3n) is 4.37. The average molecular weight is 422 g/mol. The molecule has 0 bridgehead atoms. The fraction of sp³-hybridized carbons (Fsp3) is 0.474. The fourth-order valence-electron chi connectivity index (χ4n) is 3.15. The van der Waals surface area contributed by atoms with Crippen molar-refractivity contribution in [1.82, 2.24) is 20.1 Å². The zero-order valence-corrected chi connectivity index (χ0v) is 17.1. The van der Waals surface area contributed by atoms with Gasteiger partial charge < -0.3 is 29.7 Å². The Kier molecular flexibility index (Phi) is 8.56. The molecule has 2 aromatic rings. The molecule has 30 heavy (non-hydrogen) atoms. The summed E-state index contributed by atoms with van der Waals surface area (Å²) in [5, 5.41) is 23.4. The van der Waals surface area contributed by atoms with E-state index in [-0.39, 0.29) is 25.6 Å². The normalized spacial score (nSPS) is 18.1. The second-order valence-electron chi connectivity index (χ2n) is 6.31. The first kappa shape index (κ1) is 23.1. The van der Waals surface area contributed by atoms with E-state index in [9.17, 15) is 4.79 Å². The van der Waals surface area contributed by atoms with E-state index in [4.69, 9.17) is 29.2 Å². The number of methoxy groups -OCH3 is 2. The number of aryl methyl sites for hydroxylation is 2. The molecule has 164 valence electrons. The zero-order chi connectivity index (χ0) is 22.1. The van der Waals surface area contributed by atoms with Gasteiger partial charge in [-0.3, -0.25) is 9.59 Å². The summed E-state index contributed by atoms with van der Waals surface area (Å²) in [7, 11) is 3.13. The maximum absolute atomic E-state index is 12.0. The lowest BCUT2D eigenvalue weighted by molar-refractivity contribution is -0.138. The van der Waals surface area contributed by atoms with Crippen LogP contribution in [0.2, 0.25) is 0 Å². The molecule has 0 unspecified atom stereocenters. The number of ether oxygens (including phenoxy) is 3.